The number of para-hydroxylation sites is 1. The van der Waals surface area contributed by atoms with Gasteiger partial charge in [-0.1, -0.05) is 38.1 Å². The van der Waals surface area contributed by atoms with Gasteiger partial charge in [-0.3, -0.25) is 0 Å². The Bertz CT molecular complexity index is 589. The first-order chi connectivity index (χ1) is 9.06. The van der Waals surface area contributed by atoms with Gasteiger partial charge in [0.1, 0.15) is 11.5 Å². The van der Waals surface area contributed by atoms with Gasteiger partial charge in [0.2, 0.25) is 0 Å². The topological polar surface area (TPSA) is 35.2 Å². The van der Waals surface area contributed by atoms with Crippen LogP contribution in [0.15, 0.2) is 48.5 Å². The van der Waals surface area contributed by atoms with E-state index in [1.807, 2.05) is 36.4 Å². The number of ether oxygens (including phenoxy) is 1. The SMILES string of the molecule is CC1(C)C[C@@H](N)c2cc(Oc3ccccc3)ccc21. The number of rotatable bonds is 2. The maximum atomic E-state index is 6.23. The molecule has 2 aromatic carbocycles. The van der Waals surface area contributed by atoms with Gasteiger partial charge in [-0.25, -0.2) is 0 Å². The second kappa shape index (κ2) is 4.39. The standard InChI is InChI=1S/C17H19NO/c1-17(2)11-16(18)14-10-13(8-9-15(14)17)19-12-6-4-3-5-7-12/h3-10,16H,11,18H2,1-2H3/t16-/m1/s1. The second-order valence-corrected chi connectivity index (χ2v) is 5.86. The fourth-order valence-electron chi connectivity index (χ4n) is 2.92. The lowest BCUT2D eigenvalue weighted by atomic mass is 9.86. The molecule has 1 aliphatic rings. The van der Waals surface area contributed by atoms with Gasteiger partial charge in [-0.2, -0.15) is 0 Å². The van der Waals surface area contributed by atoms with Gasteiger partial charge in [-0.15, -0.1) is 0 Å². The van der Waals surface area contributed by atoms with Crippen molar-refractivity contribution in [3.63, 3.8) is 0 Å². The Hall–Kier alpha value is -1.80. The van der Waals surface area contributed by atoms with E-state index >= 15 is 0 Å². The van der Waals surface area contributed by atoms with Crippen LogP contribution in [-0.2, 0) is 5.41 Å². The van der Waals surface area contributed by atoms with Gasteiger partial charge in [0.05, 0.1) is 0 Å². The highest BCUT2D eigenvalue weighted by Gasteiger charge is 2.35. The molecule has 0 amide bonds. The highest BCUT2D eigenvalue weighted by Crippen LogP contribution is 2.44. The molecule has 0 radical (unpaired) electrons. The van der Waals surface area contributed by atoms with Crippen molar-refractivity contribution in [1.29, 1.82) is 0 Å². The predicted octanol–water partition coefficient (Wildman–Crippen LogP) is 4.16. The number of hydrogen-bond acceptors (Lipinski definition) is 2. The molecule has 2 nitrogen and oxygen atoms in total. The number of nitrogens with two attached hydrogens (primary N) is 1. The first-order valence-electron chi connectivity index (χ1n) is 6.69. The molecule has 2 aromatic rings. The van der Waals surface area contributed by atoms with E-state index in [0.29, 0.717) is 0 Å². The minimum atomic E-state index is 0.115. The van der Waals surface area contributed by atoms with Crippen molar-refractivity contribution >= 4 is 0 Å². The second-order valence-electron chi connectivity index (χ2n) is 5.86. The summed E-state index contributed by atoms with van der Waals surface area (Å²) in [6.07, 6.45) is 0.997. The molecule has 98 valence electrons. The Morgan fingerprint density at radius 2 is 1.79 bits per heavy atom. The van der Waals surface area contributed by atoms with Gasteiger partial charge in [0.15, 0.2) is 0 Å². The van der Waals surface area contributed by atoms with Crippen LogP contribution in [0.4, 0.5) is 0 Å². The van der Waals surface area contributed by atoms with Crippen LogP contribution >= 0.6 is 0 Å². The molecule has 0 bridgehead atoms. The van der Waals surface area contributed by atoms with Gasteiger partial charge >= 0.3 is 0 Å². The summed E-state index contributed by atoms with van der Waals surface area (Å²) in [5.74, 6) is 1.71. The highest BCUT2D eigenvalue weighted by atomic mass is 16.5. The fraction of sp³-hybridized carbons (Fsp3) is 0.294. The summed E-state index contributed by atoms with van der Waals surface area (Å²) in [5, 5.41) is 0. The minimum absolute atomic E-state index is 0.115. The van der Waals surface area contributed by atoms with Crippen molar-refractivity contribution < 1.29 is 4.74 Å². The van der Waals surface area contributed by atoms with Crippen molar-refractivity contribution in [2.75, 3.05) is 0 Å². The lowest BCUT2D eigenvalue weighted by molar-refractivity contribution is 0.481. The van der Waals surface area contributed by atoms with E-state index in [-0.39, 0.29) is 11.5 Å². The van der Waals surface area contributed by atoms with E-state index in [4.69, 9.17) is 10.5 Å². The molecule has 2 heteroatoms. The van der Waals surface area contributed by atoms with Crippen LogP contribution < -0.4 is 10.5 Å². The molecule has 19 heavy (non-hydrogen) atoms. The zero-order valence-electron chi connectivity index (χ0n) is 11.4. The van der Waals surface area contributed by atoms with E-state index in [1.165, 1.54) is 11.1 Å². The number of benzene rings is 2. The lowest BCUT2D eigenvalue weighted by Crippen LogP contribution is -2.14. The van der Waals surface area contributed by atoms with Gasteiger partial charge in [0, 0.05) is 6.04 Å². The molecule has 0 fully saturated rings. The summed E-state index contributed by atoms with van der Waals surface area (Å²) in [4.78, 5) is 0. The van der Waals surface area contributed by atoms with E-state index in [1.54, 1.807) is 0 Å². The summed E-state index contributed by atoms with van der Waals surface area (Å²) in [6, 6.07) is 16.2. The van der Waals surface area contributed by atoms with Crippen LogP contribution in [-0.4, -0.2) is 0 Å². The zero-order valence-corrected chi connectivity index (χ0v) is 11.4. The normalized spacial score (nSPS) is 20.1. The van der Waals surface area contributed by atoms with Crippen molar-refractivity contribution in [1.82, 2.24) is 0 Å². The third-order valence-corrected chi connectivity index (χ3v) is 3.86. The molecule has 0 aromatic heterocycles. The molecule has 1 atom stereocenters. The maximum Gasteiger partial charge on any atom is 0.127 e. The Balaban J connectivity index is 1.93. The van der Waals surface area contributed by atoms with Crippen LogP contribution in [0.2, 0.25) is 0 Å². The number of fused-ring (bicyclic) bond motifs is 1. The Morgan fingerprint density at radius 1 is 1.05 bits per heavy atom. The van der Waals surface area contributed by atoms with E-state index in [9.17, 15) is 0 Å². The molecule has 0 spiro atoms. The third-order valence-electron chi connectivity index (χ3n) is 3.86. The molecule has 0 saturated heterocycles. The highest BCUT2D eigenvalue weighted by molar-refractivity contribution is 5.46. The quantitative estimate of drug-likeness (QED) is 0.872. The van der Waals surface area contributed by atoms with Gasteiger partial charge in [-0.05, 0) is 47.2 Å². The van der Waals surface area contributed by atoms with E-state index in [0.717, 1.165) is 17.9 Å². The minimum Gasteiger partial charge on any atom is -0.457 e. The molecule has 0 aliphatic heterocycles. The maximum absolute atomic E-state index is 6.23. The van der Waals surface area contributed by atoms with E-state index in [2.05, 4.69) is 26.0 Å². The molecule has 0 unspecified atom stereocenters. The molecular weight excluding hydrogens is 234 g/mol. The summed E-state index contributed by atoms with van der Waals surface area (Å²) in [7, 11) is 0. The van der Waals surface area contributed by atoms with Gasteiger partial charge < -0.3 is 10.5 Å². The summed E-state index contributed by atoms with van der Waals surface area (Å²) >= 11 is 0. The summed E-state index contributed by atoms with van der Waals surface area (Å²) in [5.41, 5.74) is 8.96. The third kappa shape index (κ3) is 2.24. The van der Waals surface area contributed by atoms with Crippen LogP contribution in [0.5, 0.6) is 11.5 Å². The van der Waals surface area contributed by atoms with Crippen molar-refractivity contribution in [3.05, 3.63) is 59.7 Å². The smallest absolute Gasteiger partial charge is 0.127 e. The lowest BCUT2D eigenvalue weighted by Gasteiger charge is -2.18. The zero-order chi connectivity index (χ0) is 13.5. The molecular formula is C17H19NO. The molecule has 0 heterocycles. The average Bonchev–Trinajstić information content (AvgIpc) is 2.61. The predicted molar refractivity (Wildman–Crippen MR) is 77.5 cm³/mol. The molecule has 1 aliphatic carbocycles. The van der Waals surface area contributed by atoms with Crippen molar-refractivity contribution in [3.8, 4) is 11.5 Å². The first kappa shape index (κ1) is 12.2. The van der Waals surface area contributed by atoms with E-state index < -0.39 is 0 Å². The summed E-state index contributed by atoms with van der Waals surface area (Å²) < 4.78 is 5.86. The number of hydrogen-bond donors (Lipinski definition) is 1. The monoisotopic (exact) mass is 253 g/mol. The largest absolute Gasteiger partial charge is 0.457 e. The molecule has 0 saturated carbocycles. The van der Waals surface area contributed by atoms with Crippen LogP contribution in [0.1, 0.15) is 37.4 Å². The van der Waals surface area contributed by atoms with Crippen LogP contribution in [0.25, 0.3) is 0 Å². The average molecular weight is 253 g/mol. The van der Waals surface area contributed by atoms with Crippen LogP contribution in [0, 0.1) is 0 Å². The summed E-state index contributed by atoms with van der Waals surface area (Å²) in [6.45, 7) is 4.49. The molecule has 3 rings (SSSR count). The Morgan fingerprint density at radius 3 is 2.53 bits per heavy atom. The van der Waals surface area contributed by atoms with Crippen molar-refractivity contribution in [2.45, 2.75) is 31.7 Å². The first-order valence-corrected chi connectivity index (χ1v) is 6.69. The van der Waals surface area contributed by atoms with Gasteiger partial charge in [0.25, 0.3) is 0 Å². The fourth-order valence-corrected chi connectivity index (χ4v) is 2.92. The Kier molecular flexibility index (Phi) is 2.83. The Labute approximate surface area is 114 Å². The van der Waals surface area contributed by atoms with Crippen molar-refractivity contribution in [2.24, 2.45) is 5.73 Å². The van der Waals surface area contributed by atoms with Crippen LogP contribution in [0.3, 0.4) is 0 Å². The molecule has 2 N–H and O–H groups in total.